The highest BCUT2D eigenvalue weighted by atomic mass is 16.6. The van der Waals surface area contributed by atoms with Gasteiger partial charge in [0.05, 0.1) is 0 Å². The number of hydrogen-bond donors (Lipinski definition) is 0. The van der Waals surface area contributed by atoms with Gasteiger partial charge < -0.3 is 4.74 Å². The Morgan fingerprint density at radius 1 is 2.00 bits per heavy atom. The van der Waals surface area contributed by atoms with Crippen LogP contribution in [-0.2, 0) is 9.53 Å². The predicted molar refractivity (Wildman–Crippen MR) is 20.2 cm³/mol. The van der Waals surface area contributed by atoms with Crippen LogP contribution in [0, 0.1) is 0 Å². The van der Waals surface area contributed by atoms with Crippen LogP contribution in [0.5, 0.6) is 0 Å². The summed E-state index contributed by atoms with van der Waals surface area (Å²) in [6.07, 6.45) is 0.795. The van der Waals surface area contributed by atoms with Crippen LogP contribution in [0.25, 0.3) is 0 Å². The molecular formula is C4H6O2. The number of epoxide rings is 1. The molecule has 6 heavy (non-hydrogen) atoms. The highest BCUT2D eigenvalue weighted by molar-refractivity contribution is 5.86. The van der Waals surface area contributed by atoms with Crippen molar-refractivity contribution in [1.82, 2.24) is 0 Å². The Morgan fingerprint density at radius 2 is 2.50 bits per heavy atom. The molecule has 2 nitrogen and oxygen atoms in total. The van der Waals surface area contributed by atoms with Crippen LogP contribution in [0.2, 0.25) is 0 Å². The Morgan fingerprint density at radius 3 is 2.50 bits per heavy atom. The molecule has 1 heterocycles. The lowest BCUT2D eigenvalue weighted by atomic mass is 10.4. The molecule has 0 N–H and O–H groups in total. The smallest absolute Gasteiger partial charge is 0.348 e. The van der Waals surface area contributed by atoms with E-state index in [1.165, 1.54) is 0 Å². The third-order valence-electron chi connectivity index (χ3n) is 0.835. The average Bonchev–Trinajstić information content (AvgIpc) is 2.19. The first kappa shape index (κ1) is 3.65. The Balaban J connectivity index is 2.26. The molecule has 0 amide bonds. The summed E-state index contributed by atoms with van der Waals surface area (Å²) >= 11 is 0. The molecule has 2 heteroatoms. The van der Waals surface area contributed by atoms with Gasteiger partial charge in [-0.15, -0.1) is 0 Å². The quantitative estimate of drug-likeness (QED) is 0.430. The second-order valence-corrected chi connectivity index (χ2v) is 1.33. The van der Waals surface area contributed by atoms with Gasteiger partial charge >= 0.3 is 5.97 Å². The molecule has 0 spiro atoms. The third-order valence-corrected chi connectivity index (χ3v) is 0.835. The molecular weight excluding hydrogens is 80.0 g/mol. The van der Waals surface area contributed by atoms with E-state index in [-0.39, 0.29) is 12.1 Å². The zero-order valence-corrected chi connectivity index (χ0v) is 3.60. The SMILES string of the molecule is CCC1OC1=O. The third kappa shape index (κ3) is 0.379. The van der Waals surface area contributed by atoms with Gasteiger partial charge in [-0.2, -0.15) is 0 Å². The lowest BCUT2D eigenvalue weighted by molar-refractivity contribution is -0.117. The first-order valence-electron chi connectivity index (χ1n) is 2.05. The number of ether oxygens (including phenoxy) is 1. The van der Waals surface area contributed by atoms with Crippen molar-refractivity contribution >= 4 is 5.97 Å². The molecule has 1 saturated heterocycles. The Bertz CT molecular complexity index is 77.6. The van der Waals surface area contributed by atoms with Gasteiger partial charge in [-0.25, -0.2) is 4.79 Å². The molecule has 0 saturated carbocycles. The van der Waals surface area contributed by atoms with Gasteiger partial charge in [-0.3, -0.25) is 0 Å². The lowest BCUT2D eigenvalue weighted by Gasteiger charge is -1.65. The molecule has 1 aliphatic rings. The molecule has 0 bridgehead atoms. The monoisotopic (exact) mass is 86.0 g/mol. The summed E-state index contributed by atoms with van der Waals surface area (Å²) in [5.41, 5.74) is 0. The fraction of sp³-hybridized carbons (Fsp3) is 0.750. The van der Waals surface area contributed by atoms with Crippen LogP contribution in [0.1, 0.15) is 13.3 Å². The molecule has 0 aromatic rings. The van der Waals surface area contributed by atoms with Gasteiger partial charge in [-0.05, 0) is 6.42 Å². The van der Waals surface area contributed by atoms with Gasteiger partial charge in [0.2, 0.25) is 0 Å². The summed E-state index contributed by atoms with van der Waals surface area (Å²) in [5.74, 6) is -0.0440. The number of hydrogen-bond acceptors (Lipinski definition) is 2. The Labute approximate surface area is 36.1 Å². The van der Waals surface area contributed by atoms with E-state index in [0.29, 0.717) is 0 Å². The molecule has 34 valence electrons. The van der Waals surface area contributed by atoms with E-state index in [0.717, 1.165) is 6.42 Å². The van der Waals surface area contributed by atoms with Gasteiger partial charge in [0.15, 0.2) is 6.10 Å². The minimum absolute atomic E-state index is 0.0370. The van der Waals surface area contributed by atoms with Crippen LogP contribution in [0.15, 0.2) is 0 Å². The topological polar surface area (TPSA) is 29.6 Å². The minimum Gasteiger partial charge on any atom is -0.448 e. The van der Waals surface area contributed by atoms with E-state index in [2.05, 4.69) is 4.74 Å². The fourth-order valence-corrected chi connectivity index (χ4v) is 0.356. The molecule has 1 unspecified atom stereocenters. The average molecular weight is 86.1 g/mol. The van der Waals surface area contributed by atoms with Crippen molar-refractivity contribution in [3.8, 4) is 0 Å². The molecule has 1 aliphatic heterocycles. The number of rotatable bonds is 1. The molecule has 0 aromatic heterocycles. The fourth-order valence-electron chi connectivity index (χ4n) is 0.356. The van der Waals surface area contributed by atoms with Crippen molar-refractivity contribution in [3.63, 3.8) is 0 Å². The van der Waals surface area contributed by atoms with E-state index < -0.39 is 0 Å². The molecule has 0 radical (unpaired) electrons. The Kier molecular flexibility index (Phi) is 0.587. The maximum Gasteiger partial charge on any atom is 0.348 e. The van der Waals surface area contributed by atoms with Crippen LogP contribution < -0.4 is 0 Å². The van der Waals surface area contributed by atoms with Gasteiger partial charge in [0, 0.05) is 0 Å². The van der Waals surface area contributed by atoms with Crippen molar-refractivity contribution in [2.24, 2.45) is 0 Å². The van der Waals surface area contributed by atoms with E-state index >= 15 is 0 Å². The highest BCUT2D eigenvalue weighted by Gasteiger charge is 2.35. The molecule has 1 fully saturated rings. The lowest BCUT2D eigenvalue weighted by Crippen LogP contribution is -1.78. The maximum absolute atomic E-state index is 9.90. The second-order valence-electron chi connectivity index (χ2n) is 1.33. The molecule has 0 aliphatic carbocycles. The summed E-state index contributed by atoms with van der Waals surface area (Å²) in [7, 11) is 0. The van der Waals surface area contributed by atoms with Crippen LogP contribution in [0.3, 0.4) is 0 Å². The molecule has 1 atom stereocenters. The number of cyclic esters (lactones) is 1. The van der Waals surface area contributed by atoms with E-state index in [1.807, 2.05) is 6.92 Å². The second kappa shape index (κ2) is 0.965. The maximum atomic E-state index is 9.90. The van der Waals surface area contributed by atoms with Gasteiger partial charge in [-0.1, -0.05) is 6.92 Å². The minimum atomic E-state index is -0.0440. The summed E-state index contributed by atoms with van der Waals surface area (Å²) in [4.78, 5) is 9.90. The molecule has 0 aromatic carbocycles. The van der Waals surface area contributed by atoms with Crippen molar-refractivity contribution in [2.45, 2.75) is 19.4 Å². The van der Waals surface area contributed by atoms with Crippen LogP contribution in [0.4, 0.5) is 0 Å². The summed E-state index contributed by atoms with van der Waals surface area (Å²) < 4.78 is 4.43. The van der Waals surface area contributed by atoms with E-state index in [1.54, 1.807) is 0 Å². The number of carbonyl (C=O) groups is 1. The van der Waals surface area contributed by atoms with Crippen molar-refractivity contribution in [3.05, 3.63) is 0 Å². The summed E-state index contributed by atoms with van der Waals surface area (Å²) in [6, 6.07) is 0. The normalized spacial score (nSPS) is 29.5. The number of carbonyl (C=O) groups excluding carboxylic acids is 1. The highest BCUT2D eigenvalue weighted by Crippen LogP contribution is 2.14. The van der Waals surface area contributed by atoms with E-state index in [9.17, 15) is 4.79 Å². The largest absolute Gasteiger partial charge is 0.448 e. The van der Waals surface area contributed by atoms with Crippen molar-refractivity contribution in [1.29, 1.82) is 0 Å². The van der Waals surface area contributed by atoms with Gasteiger partial charge in [0.1, 0.15) is 0 Å². The van der Waals surface area contributed by atoms with E-state index in [4.69, 9.17) is 0 Å². The first-order valence-corrected chi connectivity index (χ1v) is 2.05. The predicted octanol–water partition coefficient (Wildman–Crippen LogP) is 0.322. The van der Waals surface area contributed by atoms with Crippen molar-refractivity contribution < 1.29 is 9.53 Å². The molecule has 1 rings (SSSR count). The van der Waals surface area contributed by atoms with Crippen LogP contribution in [-0.4, -0.2) is 12.1 Å². The van der Waals surface area contributed by atoms with Crippen molar-refractivity contribution in [2.75, 3.05) is 0 Å². The first-order chi connectivity index (χ1) is 2.84. The van der Waals surface area contributed by atoms with Gasteiger partial charge in [0.25, 0.3) is 0 Å². The standard InChI is InChI=1S/C4H6O2/c1-2-3-4(5)6-3/h3H,2H2,1H3. The Hall–Kier alpha value is -0.530. The zero-order chi connectivity index (χ0) is 4.57. The summed E-state index contributed by atoms with van der Waals surface area (Å²) in [6.45, 7) is 1.93. The summed E-state index contributed by atoms with van der Waals surface area (Å²) in [5, 5.41) is 0. The van der Waals surface area contributed by atoms with Crippen LogP contribution >= 0.6 is 0 Å². The zero-order valence-electron chi connectivity index (χ0n) is 3.60.